The average molecular weight is 403 g/mol. The summed E-state index contributed by atoms with van der Waals surface area (Å²) in [6.07, 6.45) is 0. The van der Waals surface area contributed by atoms with Gasteiger partial charge in [0.2, 0.25) is 5.91 Å². The number of halogens is 1. The second kappa shape index (κ2) is 7.59. The molecule has 0 aliphatic carbocycles. The van der Waals surface area contributed by atoms with Crippen LogP contribution >= 0.6 is 11.6 Å². The van der Waals surface area contributed by atoms with Gasteiger partial charge in [-0.15, -0.1) is 0 Å². The molecule has 7 nitrogen and oxygen atoms in total. The van der Waals surface area contributed by atoms with Gasteiger partial charge in [0.15, 0.2) is 18.1 Å². The van der Waals surface area contributed by atoms with E-state index in [4.69, 9.17) is 25.8 Å². The molecule has 146 valence electrons. The molecule has 28 heavy (non-hydrogen) atoms. The second-order valence-corrected chi connectivity index (χ2v) is 7.04. The van der Waals surface area contributed by atoms with Gasteiger partial charge in [-0.25, -0.2) is 0 Å². The summed E-state index contributed by atoms with van der Waals surface area (Å²) in [4.78, 5) is 28.0. The number of benzene rings is 2. The number of rotatable bonds is 4. The molecule has 2 heterocycles. The predicted octanol–water partition coefficient (Wildman–Crippen LogP) is 2.50. The summed E-state index contributed by atoms with van der Waals surface area (Å²) in [6.45, 7) is 1.23. The minimum Gasteiger partial charge on any atom is -0.486 e. The molecule has 2 aromatic rings. The highest BCUT2D eigenvalue weighted by molar-refractivity contribution is 6.31. The van der Waals surface area contributed by atoms with Gasteiger partial charge in [0.1, 0.15) is 25.5 Å². The first-order valence-corrected chi connectivity index (χ1v) is 9.24. The van der Waals surface area contributed by atoms with E-state index in [1.54, 1.807) is 30.1 Å². The lowest BCUT2D eigenvalue weighted by Gasteiger charge is -2.30. The monoisotopic (exact) mass is 402 g/mol. The van der Waals surface area contributed by atoms with Gasteiger partial charge in [0, 0.05) is 18.6 Å². The van der Waals surface area contributed by atoms with Gasteiger partial charge in [0.05, 0.1) is 5.69 Å². The Morgan fingerprint density at radius 3 is 2.64 bits per heavy atom. The number of carbonyl (C=O) groups excluding carboxylic acids is 2. The number of likely N-dealkylation sites (N-methyl/N-ethyl adjacent to an activating group) is 1. The highest BCUT2D eigenvalue weighted by Crippen LogP contribution is 2.34. The maximum Gasteiger partial charge on any atom is 0.265 e. The van der Waals surface area contributed by atoms with E-state index < -0.39 is 0 Å². The minimum atomic E-state index is -0.282. The lowest BCUT2D eigenvalue weighted by molar-refractivity contribution is -0.131. The smallest absolute Gasteiger partial charge is 0.265 e. The molecule has 0 radical (unpaired) electrons. The maximum absolute atomic E-state index is 12.7. The molecule has 2 aromatic carbocycles. The number of hydrogen-bond acceptors (Lipinski definition) is 5. The molecule has 2 aliphatic heterocycles. The number of nitrogens with zero attached hydrogens (tertiary/aromatic N) is 2. The molecule has 4 rings (SSSR count). The molecular weight excluding hydrogens is 384 g/mol. The number of carbonyl (C=O) groups is 2. The average Bonchev–Trinajstić information content (AvgIpc) is 2.70. The zero-order valence-corrected chi connectivity index (χ0v) is 16.1. The summed E-state index contributed by atoms with van der Waals surface area (Å²) >= 11 is 6.04. The topological polar surface area (TPSA) is 68.3 Å². The molecule has 0 aromatic heterocycles. The van der Waals surface area contributed by atoms with Crippen LogP contribution in [0.2, 0.25) is 5.02 Å². The lowest BCUT2D eigenvalue weighted by Crippen LogP contribution is -2.45. The van der Waals surface area contributed by atoms with Gasteiger partial charge >= 0.3 is 0 Å². The summed E-state index contributed by atoms with van der Waals surface area (Å²) in [5, 5.41) is 0.471. The third-order valence-electron chi connectivity index (χ3n) is 4.61. The molecule has 0 unspecified atom stereocenters. The Hall–Kier alpha value is -2.93. The summed E-state index contributed by atoms with van der Waals surface area (Å²) in [6, 6.07) is 10.6. The SMILES string of the molecule is CN(Cc1ccc2c(c1)OCCO2)C(=O)CN1C(=O)COc2ccc(Cl)cc21. The molecule has 0 saturated heterocycles. The predicted molar refractivity (Wildman–Crippen MR) is 103 cm³/mol. The zero-order valence-electron chi connectivity index (χ0n) is 15.3. The van der Waals surface area contributed by atoms with Gasteiger partial charge in [-0.3, -0.25) is 14.5 Å². The third kappa shape index (κ3) is 3.71. The largest absolute Gasteiger partial charge is 0.486 e. The van der Waals surface area contributed by atoms with E-state index in [9.17, 15) is 9.59 Å². The third-order valence-corrected chi connectivity index (χ3v) is 4.84. The van der Waals surface area contributed by atoms with Crippen molar-refractivity contribution < 1.29 is 23.8 Å². The van der Waals surface area contributed by atoms with Crippen molar-refractivity contribution in [3.05, 3.63) is 47.0 Å². The van der Waals surface area contributed by atoms with Crippen LogP contribution in [-0.4, -0.2) is 50.1 Å². The van der Waals surface area contributed by atoms with Crippen LogP contribution in [0.25, 0.3) is 0 Å². The maximum atomic E-state index is 12.7. The Kier molecular flexibility index (Phi) is 5.00. The first-order valence-electron chi connectivity index (χ1n) is 8.86. The summed E-state index contributed by atoms with van der Waals surface area (Å²) in [7, 11) is 1.70. The van der Waals surface area contributed by atoms with Crippen molar-refractivity contribution in [3.63, 3.8) is 0 Å². The van der Waals surface area contributed by atoms with Crippen molar-refractivity contribution in [2.24, 2.45) is 0 Å². The van der Waals surface area contributed by atoms with E-state index in [0.29, 0.717) is 47.7 Å². The molecule has 0 fully saturated rings. The zero-order chi connectivity index (χ0) is 19.7. The normalized spacial score (nSPS) is 14.9. The number of amides is 2. The van der Waals surface area contributed by atoms with Crippen LogP contribution in [0, 0.1) is 0 Å². The first kappa shape index (κ1) is 18.4. The minimum absolute atomic E-state index is 0.0867. The number of hydrogen-bond donors (Lipinski definition) is 0. The van der Waals surface area contributed by atoms with Crippen molar-refractivity contribution in [3.8, 4) is 17.2 Å². The van der Waals surface area contributed by atoms with Gasteiger partial charge in [-0.1, -0.05) is 17.7 Å². The highest BCUT2D eigenvalue weighted by atomic mass is 35.5. The Bertz CT molecular complexity index is 933. The molecule has 8 heteroatoms. The van der Waals surface area contributed by atoms with Gasteiger partial charge in [-0.2, -0.15) is 0 Å². The molecule has 0 N–H and O–H groups in total. The van der Waals surface area contributed by atoms with Crippen LogP contribution in [-0.2, 0) is 16.1 Å². The number of anilines is 1. The standard InChI is InChI=1S/C20H19ClN2O5/c1-22(10-13-2-4-17-18(8-13)27-7-6-26-17)19(24)11-23-15-9-14(21)3-5-16(15)28-12-20(23)25/h2-5,8-9H,6-7,10-12H2,1H3. The van der Waals surface area contributed by atoms with Gasteiger partial charge in [-0.05, 0) is 35.9 Å². The molecule has 0 spiro atoms. The van der Waals surface area contributed by atoms with Crippen LogP contribution in [0.3, 0.4) is 0 Å². The van der Waals surface area contributed by atoms with Gasteiger partial charge in [0.25, 0.3) is 5.91 Å². The van der Waals surface area contributed by atoms with E-state index in [1.807, 2.05) is 18.2 Å². The number of fused-ring (bicyclic) bond motifs is 2. The fraction of sp³-hybridized carbons (Fsp3) is 0.300. The first-order chi connectivity index (χ1) is 13.5. The van der Waals surface area contributed by atoms with Crippen molar-refractivity contribution in [2.45, 2.75) is 6.54 Å². The quantitative estimate of drug-likeness (QED) is 0.786. The molecular formula is C20H19ClN2O5. The summed E-state index contributed by atoms with van der Waals surface area (Å²) in [5.41, 5.74) is 1.42. The van der Waals surface area contributed by atoms with Crippen LogP contribution < -0.4 is 19.1 Å². The van der Waals surface area contributed by atoms with E-state index >= 15 is 0 Å². The van der Waals surface area contributed by atoms with Crippen LogP contribution in [0.5, 0.6) is 17.2 Å². The molecule has 2 amide bonds. The Morgan fingerprint density at radius 2 is 1.82 bits per heavy atom. The Labute approximate surface area is 167 Å². The molecule has 0 saturated carbocycles. The fourth-order valence-corrected chi connectivity index (χ4v) is 3.32. The fourth-order valence-electron chi connectivity index (χ4n) is 3.15. The Morgan fingerprint density at radius 1 is 1.07 bits per heavy atom. The van der Waals surface area contributed by atoms with Crippen molar-refractivity contribution in [1.82, 2.24) is 4.90 Å². The van der Waals surface area contributed by atoms with Crippen molar-refractivity contribution >= 4 is 29.1 Å². The van der Waals surface area contributed by atoms with E-state index in [1.165, 1.54) is 4.90 Å². The van der Waals surface area contributed by atoms with E-state index in [0.717, 1.165) is 5.56 Å². The van der Waals surface area contributed by atoms with E-state index in [2.05, 4.69) is 0 Å². The molecule has 2 aliphatic rings. The lowest BCUT2D eigenvalue weighted by atomic mass is 10.1. The molecule has 0 bridgehead atoms. The van der Waals surface area contributed by atoms with Crippen LogP contribution in [0.1, 0.15) is 5.56 Å². The number of ether oxygens (including phenoxy) is 3. The van der Waals surface area contributed by atoms with Crippen LogP contribution in [0.4, 0.5) is 5.69 Å². The second-order valence-electron chi connectivity index (χ2n) is 6.61. The van der Waals surface area contributed by atoms with E-state index in [-0.39, 0.29) is 25.0 Å². The molecule has 0 atom stereocenters. The van der Waals surface area contributed by atoms with Gasteiger partial charge < -0.3 is 19.1 Å². The van der Waals surface area contributed by atoms with Crippen molar-refractivity contribution in [1.29, 1.82) is 0 Å². The van der Waals surface area contributed by atoms with Crippen molar-refractivity contribution in [2.75, 3.05) is 38.3 Å². The highest BCUT2D eigenvalue weighted by Gasteiger charge is 2.28. The van der Waals surface area contributed by atoms with Crippen LogP contribution in [0.15, 0.2) is 36.4 Å². The summed E-state index contributed by atoms with van der Waals surface area (Å²) < 4.78 is 16.5. The summed E-state index contributed by atoms with van der Waals surface area (Å²) in [5.74, 6) is 1.44. The Balaban J connectivity index is 1.46.